The Labute approximate surface area is 148 Å². The Morgan fingerprint density at radius 2 is 2.29 bits per heavy atom. The topological polar surface area (TPSA) is 71.3 Å². The average molecular weight is 354 g/mol. The molecule has 6 nitrogen and oxygen atoms in total. The summed E-state index contributed by atoms with van der Waals surface area (Å²) >= 11 is 0. The van der Waals surface area contributed by atoms with Crippen molar-refractivity contribution in [2.24, 2.45) is 12.0 Å². The van der Waals surface area contributed by atoms with Crippen LogP contribution in [0.25, 0.3) is 0 Å². The van der Waals surface area contributed by atoms with E-state index < -0.39 is 10.8 Å². The smallest absolute Gasteiger partial charge is 0.191 e. The number of nitrogens with zero attached hydrogens (tertiary/aromatic N) is 3. The lowest BCUT2D eigenvalue weighted by atomic mass is 9.95. The highest BCUT2D eigenvalue weighted by atomic mass is 32.2. The quantitative estimate of drug-likeness (QED) is 0.577. The summed E-state index contributed by atoms with van der Waals surface area (Å²) in [7, 11) is 1.24. The van der Waals surface area contributed by atoms with Gasteiger partial charge >= 0.3 is 0 Å². The van der Waals surface area contributed by atoms with E-state index in [2.05, 4.69) is 27.6 Å². The number of nitrogens with one attached hydrogen (secondary N) is 2. The first-order valence-corrected chi connectivity index (χ1v) is 10.4. The van der Waals surface area contributed by atoms with Gasteiger partial charge in [-0.2, -0.15) is 5.10 Å². The second-order valence-corrected chi connectivity index (χ2v) is 8.34. The van der Waals surface area contributed by atoms with Crippen LogP contribution < -0.4 is 10.6 Å². The SMILES string of the molecule is CCNC(=NCCc1cnn(C)c1)NC1CCCC(S(=O)CC)C1. The van der Waals surface area contributed by atoms with Crippen LogP contribution in [-0.2, 0) is 24.3 Å². The molecule has 2 rings (SSSR count). The Balaban J connectivity index is 1.87. The maximum Gasteiger partial charge on any atom is 0.191 e. The van der Waals surface area contributed by atoms with E-state index in [0.29, 0.717) is 11.3 Å². The fourth-order valence-corrected chi connectivity index (χ4v) is 4.51. The number of hydrogen-bond donors (Lipinski definition) is 2. The first-order chi connectivity index (χ1) is 11.6. The lowest BCUT2D eigenvalue weighted by Gasteiger charge is -2.30. The van der Waals surface area contributed by atoms with E-state index in [-0.39, 0.29) is 0 Å². The molecule has 3 atom stereocenters. The molecule has 1 heterocycles. The van der Waals surface area contributed by atoms with Gasteiger partial charge < -0.3 is 10.6 Å². The number of aliphatic imine (C=N–C) groups is 1. The Bertz CT molecular complexity index is 557. The molecule has 0 amide bonds. The molecule has 1 aliphatic carbocycles. The van der Waals surface area contributed by atoms with Gasteiger partial charge in [-0.1, -0.05) is 13.3 Å². The van der Waals surface area contributed by atoms with Gasteiger partial charge in [0.15, 0.2) is 5.96 Å². The average Bonchev–Trinajstić information content (AvgIpc) is 3.00. The molecule has 0 saturated heterocycles. The van der Waals surface area contributed by atoms with E-state index in [4.69, 9.17) is 0 Å². The fourth-order valence-electron chi connectivity index (χ4n) is 3.16. The Morgan fingerprint density at radius 3 is 2.96 bits per heavy atom. The minimum Gasteiger partial charge on any atom is -0.357 e. The van der Waals surface area contributed by atoms with Crippen molar-refractivity contribution in [1.29, 1.82) is 0 Å². The van der Waals surface area contributed by atoms with E-state index in [1.54, 1.807) is 0 Å². The van der Waals surface area contributed by atoms with Crippen LogP contribution in [0.15, 0.2) is 17.4 Å². The van der Waals surface area contributed by atoms with E-state index in [0.717, 1.165) is 56.9 Å². The van der Waals surface area contributed by atoms with Crippen LogP contribution in [0.4, 0.5) is 0 Å². The van der Waals surface area contributed by atoms with E-state index in [1.807, 2.05) is 31.0 Å². The van der Waals surface area contributed by atoms with Gasteiger partial charge in [0.25, 0.3) is 0 Å². The zero-order valence-electron chi connectivity index (χ0n) is 15.1. The molecular weight excluding hydrogens is 322 g/mol. The van der Waals surface area contributed by atoms with Crippen LogP contribution in [-0.4, -0.2) is 50.1 Å². The highest BCUT2D eigenvalue weighted by molar-refractivity contribution is 7.85. The minimum absolute atomic E-state index is 0.333. The molecule has 0 spiro atoms. The summed E-state index contributed by atoms with van der Waals surface area (Å²) < 4.78 is 13.9. The van der Waals surface area contributed by atoms with Gasteiger partial charge in [-0.15, -0.1) is 0 Å². The van der Waals surface area contributed by atoms with Crippen molar-refractivity contribution in [2.45, 2.75) is 57.2 Å². The lowest BCUT2D eigenvalue weighted by molar-refractivity contribution is 0.413. The molecule has 3 unspecified atom stereocenters. The molecule has 1 aliphatic rings. The van der Waals surface area contributed by atoms with Crippen molar-refractivity contribution < 1.29 is 4.21 Å². The van der Waals surface area contributed by atoms with Crippen molar-refractivity contribution in [3.63, 3.8) is 0 Å². The van der Waals surface area contributed by atoms with Gasteiger partial charge in [-0.25, -0.2) is 0 Å². The highest BCUT2D eigenvalue weighted by Crippen LogP contribution is 2.22. The monoisotopic (exact) mass is 353 g/mol. The maximum absolute atomic E-state index is 12.1. The molecule has 1 aromatic heterocycles. The standard InChI is InChI=1S/C17H31N5OS/c1-4-18-17(19-10-9-14-12-20-22(3)13-14)21-15-7-6-8-16(11-15)24(23)5-2/h12-13,15-16H,4-11H2,1-3H3,(H2,18,19,21). The lowest BCUT2D eigenvalue weighted by Crippen LogP contribution is -2.46. The number of guanidine groups is 1. The van der Waals surface area contributed by atoms with Gasteiger partial charge in [0, 0.05) is 54.2 Å². The molecule has 1 fully saturated rings. The third kappa shape index (κ3) is 5.92. The number of hydrogen-bond acceptors (Lipinski definition) is 3. The number of aryl methyl sites for hydroxylation is 1. The van der Waals surface area contributed by atoms with E-state index in [9.17, 15) is 4.21 Å². The van der Waals surface area contributed by atoms with Crippen molar-refractivity contribution in [3.05, 3.63) is 18.0 Å². The normalized spacial score (nSPS) is 23.0. The Kier molecular flexibility index (Phi) is 7.75. The summed E-state index contributed by atoms with van der Waals surface area (Å²) in [4.78, 5) is 4.68. The fraction of sp³-hybridized carbons (Fsp3) is 0.765. The molecule has 0 radical (unpaired) electrons. The van der Waals surface area contributed by atoms with Crippen LogP contribution in [0.2, 0.25) is 0 Å². The summed E-state index contributed by atoms with van der Waals surface area (Å²) in [6.45, 7) is 5.67. The Morgan fingerprint density at radius 1 is 1.46 bits per heavy atom. The summed E-state index contributed by atoms with van der Waals surface area (Å²) in [5.41, 5.74) is 1.20. The first-order valence-electron chi connectivity index (χ1n) is 9.01. The Hall–Kier alpha value is -1.37. The van der Waals surface area contributed by atoms with E-state index >= 15 is 0 Å². The van der Waals surface area contributed by atoms with Crippen LogP contribution in [0.1, 0.15) is 45.1 Å². The van der Waals surface area contributed by atoms with Crippen LogP contribution >= 0.6 is 0 Å². The van der Waals surface area contributed by atoms with Gasteiger partial charge in [-0.05, 0) is 38.2 Å². The second-order valence-electron chi connectivity index (χ2n) is 6.33. The summed E-state index contributed by atoms with van der Waals surface area (Å²) in [5.74, 6) is 1.63. The predicted molar refractivity (Wildman–Crippen MR) is 101 cm³/mol. The zero-order chi connectivity index (χ0) is 17.4. The predicted octanol–water partition coefficient (Wildman–Crippen LogP) is 1.60. The first kappa shape index (κ1) is 19.0. The molecule has 7 heteroatoms. The zero-order valence-corrected chi connectivity index (χ0v) is 15.9. The van der Waals surface area contributed by atoms with Crippen molar-refractivity contribution >= 4 is 16.8 Å². The van der Waals surface area contributed by atoms with Gasteiger partial charge in [0.2, 0.25) is 0 Å². The third-order valence-corrected chi connectivity index (χ3v) is 6.14. The molecule has 0 bridgehead atoms. The second kappa shape index (κ2) is 9.81. The molecule has 0 aliphatic heterocycles. The molecule has 24 heavy (non-hydrogen) atoms. The van der Waals surface area contributed by atoms with E-state index in [1.165, 1.54) is 5.56 Å². The number of rotatable bonds is 7. The third-order valence-electron chi connectivity index (χ3n) is 4.40. The summed E-state index contributed by atoms with van der Waals surface area (Å²) in [6.07, 6.45) is 9.15. The molecular formula is C17H31N5OS. The largest absolute Gasteiger partial charge is 0.357 e. The van der Waals surface area contributed by atoms with Crippen molar-refractivity contribution in [2.75, 3.05) is 18.8 Å². The van der Waals surface area contributed by atoms with Gasteiger partial charge in [-0.3, -0.25) is 13.9 Å². The molecule has 0 aromatic carbocycles. The van der Waals surface area contributed by atoms with Crippen LogP contribution in [0, 0.1) is 0 Å². The van der Waals surface area contributed by atoms with Crippen LogP contribution in [0.5, 0.6) is 0 Å². The summed E-state index contributed by atoms with van der Waals surface area (Å²) in [5, 5.41) is 11.4. The highest BCUT2D eigenvalue weighted by Gasteiger charge is 2.25. The number of aromatic nitrogens is 2. The molecule has 2 N–H and O–H groups in total. The molecule has 136 valence electrons. The molecule has 1 aromatic rings. The van der Waals surface area contributed by atoms with Crippen LogP contribution in [0.3, 0.4) is 0 Å². The van der Waals surface area contributed by atoms with Gasteiger partial charge in [0.1, 0.15) is 0 Å². The minimum atomic E-state index is -0.690. The maximum atomic E-state index is 12.1. The van der Waals surface area contributed by atoms with Gasteiger partial charge in [0.05, 0.1) is 6.20 Å². The van der Waals surface area contributed by atoms with Crippen molar-refractivity contribution in [3.8, 4) is 0 Å². The molecule has 1 saturated carbocycles. The summed E-state index contributed by atoms with van der Waals surface area (Å²) in [6, 6.07) is 0.371. The van der Waals surface area contributed by atoms with Crippen molar-refractivity contribution in [1.82, 2.24) is 20.4 Å².